The summed E-state index contributed by atoms with van der Waals surface area (Å²) in [5.74, 6) is 0.434. The van der Waals surface area contributed by atoms with E-state index < -0.39 is 5.41 Å². The number of benzene rings is 1. The normalized spacial score (nSPS) is 16.9. The third kappa shape index (κ3) is 1.96. The Balaban J connectivity index is 1.95. The molecule has 1 fully saturated rings. The molecule has 0 saturated heterocycles. The van der Waals surface area contributed by atoms with Crippen molar-refractivity contribution in [2.24, 2.45) is 5.73 Å². The van der Waals surface area contributed by atoms with E-state index >= 15 is 0 Å². The highest BCUT2D eigenvalue weighted by molar-refractivity contribution is 9.10. The SMILES string of the molecule is NC(=O)C1(c2nc(-c3ccc(Br)cc3)no2)CCC1. The van der Waals surface area contributed by atoms with Crippen LogP contribution < -0.4 is 5.73 Å². The number of rotatable bonds is 3. The van der Waals surface area contributed by atoms with Gasteiger partial charge in [-0.25, -0.2) is 0 Å². The average molecular weight is 322 g/mol. The lowest BCUT2D eigenvalue weighted by Crippen LogP contribution is -2.47. The smallest absolute Gasteiger partial charge is 0.242 e. The minimum atomic E-state index is -0.749. The number of carbonyl (C=O) groups is 1. The summed E-state index contributed by atoms with van der Waals surface area (Å²) in [6, 6.07) is 7.57. The van der Waals surface area contributed by atoms with Gasteiger partial charge < -0.3 is 10.3 Å². The van der Waals surface area contributed by atoms with Gasteiger partial charge in [0.2, 0.25) is 17.6 Å². The molecule has 1 aromatic heterocycles. The Morgan fingerprint density at radius 2 is 2.00 bits per heavy atom. The van der Waals surface area contributed by atoms with Crippen LogP contribution in [0.5, 0.6) is 0 Å². The van der Waals surface area contributed by atoms with Crippen molar-refractivity contribution in [3.8, 4) is 11.4 Å². The lowest BCUT2D eigenvalue weighted by molar-refractivity contribution is -0.127. The lowest BCUT2D eigenvalue weighted by Gasteiger charge is -2.34. The summed E-state index contributed by atoms with van der Waals surface area (Å²) in [5.41, 5.74) is 5.55. The fourth-order valence-corrected chi connectivity index (χ4v) is 2.49. The van der Waals surface area contributed by atoms with E-state index in [0.29, 0.717) is 24.6 Å². The van der Waals surface area contributed by atoms with Crippen LogP contribution >= 0.6 is 15.9 Å². The van der Waals surface area contributed by atoms with Crippen LogP contribution in [0.4, 0.5) is 0 Å². The third-order valence-electron chi connectivity index (χ3n) is 3.62. The molecule has 1 aromatic carbocycles. The Labute approximate surface area is 118 Å². The molecule has 1 aliphatic carbocycles. The number of amides is 1. The van der Waals surface area contributed by atoms with E-state index in [4.69, 9.17) is 10.3 Å². The number of nitrogens with two attached hydrogens (primary N) is 1. The van der Waals surface area contributed by atoms with Gasteiger partial charge in [0.05, 0.1) is 0 Å². The second-order valence-corrected chi connectivity index (χ2v) is 5.65. The fraction of sp³-hybridized carbons (Fsp3) is 0.308. The molecule has 0 spiro atoms. The average Bonchev–Trinajstić information content (AvgIpc) is 2.77. The van der Waals surface area contributed by atoms with E-state index in [1.807, 2.05) is 24.3 Å². The first-order valence-electron chi connectivity index (χ1n) is 6.02. The van der Waals surface area contributed by atoms with Crippen molar-refractivity contribution >= 4 is 21.8 Å². The molecule has 1 saturated carbocycles. The first-order chi connectivity index (χ1) is 9.12. The molecule has 1 aliphatic rings. The van der Waals surface area contributed by atoms with Crippen molar-refractivity contribution in [2.45, 2.75) is 24.7 Å². The molecule has 0 bridgehead atoms. The molecular formula is C13H12BrN3O2. The number of hydrogen-bond donors (Lipinski definition) is 1. The zero-order chi connectivity index (χ0) is 13.5. The maximum atomic E-state index is 11.6. The summed E-state index contributed by atoms with van der Waals surface area (Å²) in [5, 5.41) is 3.94. The molecular weight excluding hydrogens is 310 g/mol. The first-order valence-corrected chi connectivity index (χ1v) is 6.81. The van der Waals surface area contributed by atoms with E-state index in [0.717, 1.165) is 16.5 Å². The van der Waals surface area contributed by atoms with Crippen molar-refractivity contribution in [3.05, 3.63) is 34.6 Å². The van der Waals surface area contributed by atoms with Gasteiger partial charge in [-0.1, -0.05) is 27.5 Å². The molecule has 1 amide bonds. The van der Waals surface area contributed by atoms with Crippen LogP contribution in [-0.4, -0.2) is 16.0 Å². The molecule has 0 aliphatic heterocycles. The number of halogens is 1. The van der Waals surface area contributed by atoms with Gasteiger partial charge in [0.15, 0.2) is 0 Å². The predicted molar refractivity (Wildman–Crippen MR) is 72.2 cm³/mol. The molecule has 0 radical (unpaired) electrons. The molecule has 0 unspecified atom stereocenters. The van der Waals surface area contributed by atoms with E-state index in [1.54, 1.807) is 0 Å². The molecule has 0 atom stereocenters. The summed E-state index contributed by atoms with van der Waals surface area (Å²) < 4.78 is 6.22. The Hall–Kier alpha value is -1.69. The number of nitrogens with zero attached hydrogens (tertiary/aromatic N) is 2. The molecule has 19 heavy (non-hydrogen) atoms. The van der Waals surface area contributed by atoms with E-state index in [1.165, 1.54) is 0 Å². The van der Waals surface area contributed by atoms with Gasteiger partial charge in [-0.3, -0.25) is 4.79 Å². The fourth-order valence-electron chi connectivity index (χ4n) is 2.23. The highest BCUT2D eigenvalue weighted by Gasteiger charge is 2.49. The monoisotopic (exact) mass is 321 g/mol. The van der Waals surface area contributed by atoms with Gasteiger partial charge in [-0.2, -0.15) is 4.98 Å². The van der Waals surface area contributed by atoms with Crippen molar-refractivity contribution in [2.75, 3.05) is 0 Å². The maximum absolute atomic E-state index is 11.6. The van der Waals surface area contributed by atoms with Crippen molar-refractivity contribution in [1.82, 2.24) is 10.1 Å². The standard InChI is InChI=1S/C13H12BrN3O2/c14-9-4-2-8(3-5-9)10-16-12(19-17-10)13(11(15)18)6-1-7-13/h2-5H,1,6-7H2,(H2,15,18). The molecule has 98 valence electrons. The molecule has 1 heterocycles. The molecule has 2 N–H and O–H groups in total. The van der Waals surface area contributed by atoms with Crippen LogP contribution in [0.25, 0.3) is 11.4 Å². The Morgan fingerprint density at radius 1 is 1.32 bits per heavy atom. The molecule has 6 heteroatoms. The van der Waals surface area contributed by atoms with E-state index in [2.05, 4.69) is 26.1 Å². The van der Waals surface area contributed by atoms with Crippen LogP contribution in [0, 0.1) is 0 Å². The van der Waals surface area contributed by atoms with Crippen molar-refractivity contribution in [1.29, 1.82) is 0 Å². The van der Waals surface area contributed by atoms with Gasteiger partial charge in [-0.05, 0) is 37.1 Å². The minimum absolute atomic E-state index is 0.337. The highest BCUT2D eigenvalue weighted by Crippen LogP contribution is 2.43. The van der Waals surface area contributed by atoms with Crippen molar-refractivity contribution < 1.29 is 9.32 Å². The summed E-state index contributed by atoms with van der Waals surface area (Å²) in [4.78, 5) is 15.9. The summed E-state index contributed by atoms with van der Waals surface area (Å²) in [7, 11) is 0. The summed E-state index contributed by atoms with van der Waals surface area (Å²) >= 11 is 3.37. The highest BCUT2D eigenvalue weighted by atomic mass is 79.9. The van der Waals surface area contributed by atoms with Gasteiger partial charge >= 0.3 is 0 Å². The van der Waals surface area contributed by atoms with Crippen molar-refractivity contribution in [3.63, 3.8) is 0 Å². The zero-order valence-corrected chi connectivity index (χ0v) is 11.7. The Kier molecular flexibility index (Phi) is 2.89. The summed E-state index contributed by atoms with van der Waals surface area (Å²) in [6.07, 6.45) is 2.33. The number of aromatic nitrogens is 2. The topological polar surface area (TPSA) is 82.0 Å². The third-order valence-corrected chi connectivity index (χ3v) is 4.15. The summed E-state index contributed by atoms with van der Waals surface area (Å²) in [6.45, 7) is 0. The zero-order valence-electron chi connectivity index (χ0n) is 10.1. The molecule has 2 aromatic rings. The largest absolute Gasteiger partial charge is 0.369 e. The first kappa shape index (κ1) is 12.3. The van der Waals surface area contributed by atoms with Gasteiger partial charge in [0.1, 0.15) is 5.41 Å². The molecule has 5 nitrogen and oxygen atoms in total. The molecule has 3 rings (SSSR count). The predicted octanol–water partition coefficient (Wildman–Crippen LogP) is 2.41. The number of carbonyl (C=O) groups excluding carboxylic acids is 1. The van der Waals surface area contributed by atoms with Crippen LogP contribution in [0.15, 0.2) is 33.3 Å². The van der Waals surface area contributed by atoms with Gasteiger partial charge in [-0.15, -0.1) is 0 Å². The van der Waals surface area contributed by atoms with Crippen LogP contribution in [0.2, 0.25) is 0 Å². The second-order valence-electron chi connectivity index (χ2n) is 4.73. The second kappa shape index (κ2) is 4.45. The van der Waals surface area contributed by atoms with E-state index in [9.17, 15) is 4.79 Å². The van der Waals surface area contributed by atoms with Crippen LogP contribution in [0.3, 0.4) is 0 Å². The van der Waals surface area contributed by atoms with Gasteiger partial charge in [0, 0.05) is 10.0 Å². The quantitative estimate of drug-likeness (QED) is 0.941. The number of hydrogen-bond acceptors (Lipinski definition) is 4. The maximum Gasteiger partial charge on any atom is 0.242 e. The van der Waals surface area contributed by atoms with Gasteiger partial charge in [0.25, 0.3) is 0 Å². The van der Waals surface area contributed by atoms with Crippen LogP contribution in [-0.2, 0) is 10.2 Å². The number of primary amides is 1. The van der Waals surface area contributed by atoms with Crippen LogP contribution in [0.1, 0.15) is 25.2 Å². The minimum Gasteiger partial charge on any atom is -0.369 e. The Bertz CT molecular complexity index is 617. The Morgan fingerprint density at radius 3 is 2.53 bits per heavy atom. The lowest BCUT2D eigenvalue weighted by atomic mass is 9.68. The van der Waals surface area contributed by atoms with E-state index in [-0.39, 0.29) is 5.91 Å².